The van der Waals surface area contributed by atoms with E-state index in [1.54, 1.807) is 0 Å². The molecular formula is C36H29NO4. The van der Waals surface area contributed by atoms with Gasteiger partial charge in [-0.25, -0.2) is 4.79 Å². The summed E-state index contributed by atoms with van der Waals surface area (Å²) >= 11 is 0. The van der Waals surface area contributed by atoms with Crippen LogP contribution in [0.5, 0.6) is 11.5 Å². The third-order valence-electron chi connectivity index (χ3n) is 7.06. The first-order valence-electron chi connectivity index (χ1n) is 13.5. The van der Waals surface area contributed by atoms with Crippen LogP contribution >= 0.6 is 0 Å². The summed E-state index contributed by atoms with van der Waals surface area (Å²) in [6.45, 7) is 1.31. The second-order valence-corrected chi connectivity index (χ2v) is 9.85. The molecule has 0 aliphatic carbocycles. The number of ether oxygens (including phenoxy) is 2. The van der Waals surface area contributed by atoms with Gasteiger partial charge in [0.15, 0.2) is 0 Å². The molecule has 6 rings (SSSR count). The van der Waals surface area contributed by atoms with E-state index in [4.69, 9.17) is 9.47 Å². The van der Waals surface area contributed by atoms with Crippen molar-refractivity contribution in [2.45, 2.75) is 19.8 Å². The third-order valence-corrected chi connectivity index (χ3v) is 7.06. The highest BCUT2D eigenvalue weighted by atomic mass is 16.5. The number of rotatable bonds is 10. The summed E-state index contributed by atoms with van der Waals surface area (Å²) in [5.41, 5.74) is 5.74. The van der Waals surface area contributed by atoms with Gasteiger partial charge in [-0.1, -0.05) is 103 Å². The fourth-order valence-corrected chi connectivity index (χ4v) is 5.06. The lowest BCUT2D eigenvalue weighted by atomic mass is 10.0. The smallest absolute Gasteiger partial charge is 0.353 e. The normalized spacial score (nSPS) is 10.9. The molecule has 41 heavy (non-hydrogen) atoms. The van der Waals surface area contributed by atoms with Crippen molar-refractivity contribution in [3.05, 3.63) is 156 Å². The molecule has 0 fully saturated rings. The zero-order chi connectivity index (χ0) is 28.0. The van der Waals surface area contributed by atoms with Crippen molar-refractivity contribution in [1.29, 1.82) is 0 Å². The standard InChI is InChI=1S/C36H29NO4/c38-36(39)35-34(29-14-8-3-9-15-29)32-22-31(41-25-28-12-6-2-7-13-28)20-21-33(32)37(35)23-26-16-18-30(19-17-26)40-24-27-10-4-1-5-11-27/h1-22H,23-25H2,(H,38,39). The number of aromatic nitrogens is 1. The summed E-state index contributed by atoms with van der Waals surface area (Å²) in [4.78, 5) is 12.8. The van der Waals surface area contributed by atoms with Gasteiger partial charge in [-0.3, -0.25) is 0 Å². The average molecular weight is 540 g/mol. The molecule has 0 amide bonds. The molecule has 202 valence electrons. The van der Waals surface area contributed by atoms with Crippen LogP contribution in [0.3, 0.4) is 0 Å². The summed E-state index contributed by atoms with van der Waals surface area (Å²) in [7, 11) is 0. The number of carboxylic acid groups (broad SMARTS) is 1. The van der Waals surface area contributed by atoms with Gasteiger partial charge >= 0.3 is 5.97 Å². The van der Waals surface area contributed by atoms with E-state index < -0.39 is 5.97 Å². The highest BCUT2D eigenvalue weighted by molar-refractivity contribution is 6.08. The maximum atomic E-state index is 12.8. The zero-order valence-corrected chi connectivity index (χ0v) is 22.4. The van der Waals surface area contributed by atoms with Gasteiger partial charge in [-0.15, -0.1) is 0 Å². The molecule has 5 heteroatoms. The van der Waals surface area contributed by atoms with E-state index in [9.17, 15) is 9.90 Å². The monoisotopic (exact) mass is 539 g/mol. The number of benzene rings is 5. The molecule has 0 unspecified atom stereocenters. The molecule has 5 nitrogen and oxygen atoms in total. The minimum atomic E-state index is -0.977. The molecule has 0 radical (unpaired) electrons. The molecule has 0 bridgehead atoms. The molecule has 0 aliphatic heterocycles. The van der Waals surface area contributed by atoms with Gasteiger partial charge in [0, 0.05) is 23.0 Å². The van der Waals surface area contributed by atoms with Crippen LogP contribution < -0.4 is 9.47 Å². The fraction of sp³-hybridized carbons (Fsp3) is 0.0833. The van der Waals surface area contributed by atoms with Crippen LogP contribution in [0.2, 0.25) is 0 Å². The Balaban J connectivity index is 1.34. The summed E-state index contributed by atoms with van der Waals surface area (Å²) in [5.74, 6) is 0.473. The Morgan fingerprint density at radius 1 is 0.610 bits per heavy atom. The number of aromatic carboxylic acids is 1. The fourth-order valence-electron chi connectivity index (χ4n) is 5.06. The molecule has 1 aromatic heterocycles. The molecule has 5 aromatic carbocycles. The van der Waals surface area contributed by atoms with Crippen LogP contribution in [-0.4, -0.2) is 15.6 Å². The Morgan fingerprint density at radius 2 is 1.15 bits per heavy atom. The maximum absolute atomic E-state index is 12.8. The second kappa shape index (κ2) is 11.8. The predicted octanol–water partition coefficient (Wildman–Crippen LogP) is 8.21. The van der Waals surface area contributed by atoms with E-state index in [1.165, 1.54) is 0 Å². The predicted molar refractivity (Wildman–Crippen MR) is 161 cm³/mol. The quantitative estimate of drug-likeness (QED) is 0.191. The van der Waals surface area contributed by atoms with Crippen molar-refractivity contribution < 1.29 is 19.4 Å². The summed E-state index contributed by atoms with van der Waals surface area (Å²) in [6, 6.07) is 43.3. The number of carbonyl (C=O) groups is 1. The van der Waals surface area contributed by atoms with E-state index in [-0.39, 0.29) is 5.69 Å². The summed E-state index contributed by atoms with van der Waals surface area (Å²) < 4.78 is 13.9. The van der Waals surface area contributed by atoms with Gasteiger partial charge in [0.2, 0.25) is 0 Å². The molecule has 0 atom stereocenters. The van der Waals surface area contributed by atoms with E-state index in [0.29, 0.717) is 31.1 Å². The largest absolute Gasteiger partial charge is 0.489 e. The van der Waals surface area contributed by atoms with Crippen molar-refractivity contribution in [2.24, 2.45) is 0 Å². The van der Waals surface area contributed by atoms with E-state index in [0.717, 1.165) is 38.9 Å². The Bertz CT molecular complexity index is 1760. The SMILES string of the molecule is O=C(O)c1c(-c2ccccc2)c2cc(OCc3ccccc3)ccc2n1Cc1ccc(OCc2ccccc2)cc1. The summed E-state index contributed by atoms with van der Waals surface area (Å²) in [6.07, 6.45) is 0. The average Bonchev–Trinajstić information content (AvgIpc) is 3.34. The lowest BCUT2D eigenvalue weighted by Crippen LogP contribution is -2.10. The van der Waals surface area contributed by atoms with Crippen LogP contribution in [0.1, 0.15) is 27.2 Å². The number of carboxylic acids is 1. The number of fused-ring (bicyclic) bond motifs is 1. The van der Waals surface area contributed by atoms with Gasteiger partial charge < -0.3 is 19.1 Å². The number of nitrogens with zero attached hydrogens (tertiary/aromatic N) is 1. The molecule has 0 spiro atoms. The van der Waals surface area contributed by atoms with Gasteiger partial charge in [-0.05, 0) is 52.6 Å². The molecule has 0 aliphatic rings. The van der Waals surface area contributed by atoms with Crippen molar-refractivity contribution in [3.63, 3.8) is 0 Å². The van der Waals surface area contributed by atoms with E-state index >= 15 is 0 Å². The first-order valence-corrected chi connectivity index (χ1v) is 13.5. The lowest BCUT2D eigenvalue weighted by molar-refractivity contribution is 0.0687. The third kappa shape index (κ3) is 5.85. The Hall–Kier alpha value is -5.29. The Morgan fingerprint density at radius 3 is 1.73 bits per heavy atom. The Kier molecular flexibility index (Phi) is 7.50. The van der Waals surface area contributed by atoms with Crippen LogP contribution in [0.4, 0.5) is 0 Å². The van der Waals surface area contributed by atoms with Gasteiger partial charge in [0.1, 0.15) is 30.4 Å². The van der Waals surface area contributed by atoms with Crippen molar-refractivity contribution in [3.8, 4) is 22.6 Å². The van der Waals surface area contributed by atoms with Crippen LogP contribution in [0.15, 0.2) is 133 Å². The summed E-state index contributed by atoms with van der Waals surface area (Å²) in [5, 5.41) is 11.3. The minimum Gasteiger partial charge on any atom is -0.489 e. The molecule has 0 saturated carbocycles. The van der Waals surface area contributed by atoms with Crippen LogP contribution in [-0.2, 0) is 19.8 Å². The molecule has 1 heterocycles. The first-order chi connectivity index (χ1) is 20.2. The van der Waals surface area contributed by atoms with Crippen molar-refractivity contribution in [1.82, 2.24) is 4.57 Å². The van der Waals surface area contributed by atoms with Crippen molar-refractivity contribution >= 4 is 16.9 Å². The van der Waals surface area contributed by atoms with Crippen LogP contribution in [0, 0.1) is 0 Å². The van der Waals surface area contributed by atoms with Gasteiger partial charge in [0.05, 0.1) is 0 Å². The Labute approximate surface area is 238 Å². The minimum absolute atomic E-state index is 0.246. The second-order valence-electron chi connectivity index (χ2n) is 9.85. The van der Waals surface area contributed by atoms with Crippen LogP contribution in [0.25, 0.3) is 22.0 Å². The topological polar surface area (TPSA) is 60.7 Å². The molecule has 0 saturated heterocycles. The lowest BCUT2D eigenvalue weighted by Gasteiger charge is -2.11. The maximum Gasteiger partial charge on any atom is 0.353 e. The highest BCUT2D eigenvalue weighted by Crippen LogP contribution is 2.38. The highest BCUT2D eigenvalue weighted by Gasteiger charge is 2.24. The van der Waals surface area contributed by atoms with E-state index in [2.05, 4.69) is 0 Å². The molecular weight excluding hydrogens is 510 g/mol. The number of hydrogen-bond donors (Lipinski definition) is 1. The van der Waals surface area contributed by atoms with Gasteiger partial charge in [-0.2, -0.15) is 0 Å². The number of hydrogen-bond acceptors (Lipinski definition) is 3. The van der Waals surface area contributed by atoms with Gasteiger partial charge in [0.25, 0.3) is 0 Å². The van der Waals surface area contributed by atoms with Crippen molar-refractivity contribution in [2.75, 3.05) is 0 Å². The zero-order valence-electron chi connectivity index (χ0n) is 22.4. The first kappa shape index (κ1) is 26.0. The molecule has 1 N–H and O–H groups in total. The van der Waals surface area contributed by atoms with E-state index in [1.807, 2.05) is 138 Å². The molecule has 6 aromatic rings.